The van der Waals surface area contributed by atoms with Crippen LogP contribution in [0.25, 0.3) is 0 Å². The maximum Gasteiger partial charge on any atom is 0.101 e. The molecular formula is C2H5BrClN. The quantitative estimate of drug-likeness (QED) is 0.564. The maximum atomic E-state index is 5.25. The van der Waals surface area contributed by atoms with Crippen molar-refractivity contribution < 1.29 is 0 Å². The third-order valence-electron chi connectivity index (χ3n) is 0.178. The van der Waals surface area contributed by atoms with E-state index in [2.05, 4.69) is 15.9 Å². The smallest absolute Gasteiger partial charge is 0.101 e. The van der Waals surface area contributed by atoms with Crippen LogP contribution >= 0.6 is 27.5 Å². The highest BCUT2D eigenvalue weighted by atomic mass is 79.9. The Morgan fingerprint density at radius 1 is 2.00 bits per heavy atom. The maximum absolute atomic E-state index is 5.25. The summed E-state index contributed by atoms with van der Waals surface area (Å²) in [7, 11) is 0. The minimum Gasteiger partial charge on any atom is -0.328 e. The van der Waals surface area contributed by atoms with Crippen molar-refractivity contribution in [1.82, 2.24) is 0 Å². The van der Waals surface area contributed by atoms with Crippen LogP contribution in [0.5, 0.6) is 0 Å². The van der Waals surface area contributed by atoms with E-state index >= 15 is 0 Å². The minimum absolute atomic E-state index is 0.0532. The van der Waals surface area contributed by atoms with Gasteiger partial charge in [-0.1, -0.05) is 15.9 Å². The Hall–Kier alpha value is 0.730. The average molecular weight is 158 g/mol. The monoisotopic (exact) mass is 157 g/mol. The van der Waals surface area contributed by atoms with Crippen LogP contribution < -0.4 is 5.73 Å². The molecule has 1 nitrogen and oxygen atoms in total. The summed E-state index contributed by atoms with van der Waals surface area (Å²) in [6.45, 7) is 0.488. The van der Waals surface area contributed by atoms with E-state index in [0.717, 1.165) is 0 Å². The first kappa shape index (κ1) is 5.73. The Kier molecular flexibility index (Phi) is 3.37. The Labute approximate surface area is 44.6 Å². The number of nitrogens with two attached hydrogens (primary N) is 1. The predicted octanol–water partition coefficient (Wildman–Crippen LogP) is 0.905. The fourth-order valence-electron chi connectivity index (χ4n) is 0. The van der Waals surface area contributed by atoms with Gasteiger partial charge in [0.1, 0.15) is 4.29 Å². The lowest BCUT2D eigenvalue weighted by molar-refractivity contribution is 1.11. The molecule has 0 radical (unpaired) electrons. The Morgan fingerprint density at radius 3 is 2.20 bits per heavy atom. The largest absolute Gasteiger partial charge is 0.328 e. The van der Waals surface area contributed by atoms with Crippen LogP contribution in [-0.2, 0) is 0 Å². The highest BCUT2D eigenvalue weighted by molar-refractivity contribution is 9.10. The molecule has 0 saturated carbocycles. The van der Waals surface area contributed by atoms with Gasteiger partial charge in [0.05, 0.1) is 0 Å². The zero-order chi connectivity index (χ0) is 4.28. The lowest BCUT2D eigenvalue weighted by Gasteiger charge is -1.85. The fourth-order valence-corrected chi connectivity index (χ4v) is 0. The second-order valence-corrected chi connectivity index (χ2v) is 2.79. The summed E-state index contributed by atoms with van der Waals surface area (Å²) in [6.07, 6.45) is 0. The molecule has 3 heteroatoms. The van der Waals surface area contributed by atoms with Crippen molar-refractivity contribution in [3.63, 3.8) is 0 Å². The molecule has 0 rings (SSSR count). The molecule has 32 valence electrons. The van der Waals surface area contributed by atoms with Gasteiger partial charge in [0.2, 0.25) is 0 Å². The summed E-state index contributed by atoms with van der Waals surface area (Å²) in [6, 6.07) is 0. The van der Waals surface area contributed by atoms with Crippen LogP contribution in [-0.4, -0.2) is 10.8 Å². The van der Waals surface area contributed by atoms with Crippen molar-refractivity contribution in [2.45, 2.75) is 4.29 Å². The third-order valence-corrected chi connectivity index (χ3v) is 0.730. The van der Waals surface area contributed by atoms with Gasteiger partial charge in [-0.25, -0.2) is 0 Å². The minimum atomic E-state index is -0.0532. The van der Waals surface area contributed by atoms with Crippen LogP contribution in [0.4, 0.5) is 0 Å². The van der Waals surface area contributed by atoms with Gasteiger partial charge in [0, 0.05) is 6.54 Å². The third kappa shape index (κ3) is 4.73. The van der Waals surface area contributed by atoms with E-state index in [0.29, 0.717) is 6.54 Å². The van der Waals surface area contributed by atoms with E-state index < -0.39 is 0 Å². The topological polar surface area (TPSA) is 26.0 Å². The molecule has 0 spiro atoms. The molecule has 0 aliphatic carbocycles. The predicted molar refractivity (Wildman–Crippen MR) is 27.6 cm³/mol. The molecule has 0 aliphatic rings. The van der Waals surface area contributed by atoms with Crippen LogP contribution in [0.2, 0.25) is 0 Å². The summed E-state index contributed by atoms with van der Waals surface area (Å²) in [5.41, 5.74) is 4.99. The van der Waals surface area contributed by atoms with Gasteiger partial charge < -0.3 is 5.73 Å². The zero-order valence-corrected chi connectivity index (χ0v) is 4.96. The van der Waals surface area contributed by atoms with Crippen LogP contribution in [0, 0.1) is 0 Å². The van der Waals surface area contributed by atoms with E-state index in [1.165, 1.54) is 0 Å². The summed E-state index contributed by atoms with van der Waals surface area (Å²) in [5.74, 6) is 0. The average Bonchev–Trinajstić information content (AvgIpc) is 1.38. The lowest BCUT2D eigenvalue weighted by Crippen LogP contribution is -2.05. The van der Waals surface area contributed by atoms with Gasteiger partial charge >= 0.3 is 0 Å². The molecule has 0 aromatic carbocycles. The molecule has 5 heavy (non-hydrogen) atoms. The standard InChI is InChI=1S/C2H5BrClN/c3-2(4)1-5/h2H,1,5H2. The molecule has 0 bridgehead atoms. The highest BCUT2D eigenvalue weighted by Crippen LogP contribution is 1.99. The summed E-state index contributed by atoms with van der Waals surface area (Å²) >= 11 is 8.27. The Balaban J connectivity index is 2.54. The van der Waals surface area contributed by atoms with E-state index in [1.54, 1.807) is 0 Å². The van der Waals surface area contributed by atoms with E-state index in [1.807, 2.05) is 0 Å². The highest BCUT2D eigenvalue weighted by Gasteiger charge is 1.86. The Morgan fingerprint density at radius 2 is 2.20 bits per heavy atom. The van der Waals surface area contributed by atoms with Gasteiger partial charge in [0.15, 0.2) is 0 Å². The molecule has 0 amide bonds. The first-order valence-corrected chi connectivity index (χ1v) is 2.61. The molecule has 1 atom stereocenters. The van der Waals surface area contributed by atoms with Gasteiger partial charge in [-0.15, -0.1) is 11.6 Å². The second kappa shape index (κ2) is 2.94. The van der Waals surface area contributed by atoms with Crippen molar-refractivity contribution >= 4 is 27.5 Å². The second-order valence-electron chi connectivity index (χ2n) is 0.627. The molecule has 1 unspecified atom stereocenters. The molecule has 0 aromatic heterocycles. The van der Waals surface area contributed by atoms with Gasteiger partial charge in [0.25, 0.3) is 0 Å². The normalized spacial score (nSPS) is 15.0. The van der Waals surface area contributed by atoms with Crippen molar-refractivity contribution in [2.24, 2.45) is 5.73 Å². The van der Waals surface area contributed by atoms with Gasteiger partial charge in [-0.05, 0) is 0 Å². The molecule has 0 heterocycles. The zero-order valence-electron chi connectivity index (χ0n) is 2.62. The fraction of sp³-hybridized carbons (Fsp3) is 1.00. The molecule has 2 N–H and O–H groups in total. The van der Waals surface area contributed by atoms with Gasteiger partial charge in [-0.2, -0.15) is 0 Å². The van der Waals surface area contributed by atoms with Gasteiger partial charge in [-0.3, -0.25) is 0 Å². The summed E-state index contributed by atoms with van der Waals surface area (Å²) in [4.78, 5) is 0. The Bertz CT molecular complexity index is 23.6. The number of halogens is 2. The van der Waals surface area contributed by atoms with Crippen molar-refractivity contribution in [1.29, 1.82) is 0 Å². The van der Waals surface area contributed by atoms with Crippen LogP contribution in [0.15, 0.2) is 0 Å². The van der Waals surface area contributed by atoms with Crippen molar-refractivity contribution in [2.75, 3.05) is 6.54 Å². The van der Waals surface area contributed by atoms with E-state index in [9.17, 15) is 0 Å². The molecule has 0 aromatic rings. The lowest BCUT2D eigenvalue weighted by atomic mass is 10.8. The number of rotatable bonds is 1. The number of hydrogen-bond acceptors (Lipinski definition) is 1. The SMILES string of the molecule is NCC(Cl)Br. The number of alkyl halides is 2. The first-order chi connectivity index (χ1) is 2.27. The first-order valence-electron chi connectivity index (χ1n) is 1.25. The summed E-state index contributed by atoms with van der Waals surface area (Å²) < 4.78 is -0.0532. The van der Waals surface area contributed by atoms with Crippen molar-refractivity contribution in [3.05, 3.63) is 0 Å². The number of hydrogen-bond donors (Lipinski definition) is 1. The molecule has 0 aliphatic heterocycles. The van der Waals surface area contributed by atoms with Crippen LogP contribution in [0.1, 0.15) is 0 Å². The molecular weight excluding hydrogens is 153 g/mol. The van der Waals surface area contributed by atoms with Crippen molar-refractivity contribution in [3.8, 4) is 0 Å². The molecule has 0 fully saturated rings. The summed E-state index contributed by atoms with van der Waals surface area (Å²) in [5, 5.41) is 0. The van der Waals surface area contributed by atoms with E-state index in [-0.39, 0.29) is 4.29 Å². The van der Waals surface area contributed by atoms with E-state index in [4.69, 9.17) is 17.3 Å². The molecule has 0 saturated heterocycles. The van der Waals surface area contributed by atoms with Crippen LogP contribution in [0.3, 0.4) is 0 Å².